The molecule has 0 radical (unpaired) electrons. The van der Waals surface area contributed by atoms with Gasteiger partial charge in [-0.25, -0.2) is 19.6 Å². The Labute approximate surface area is 271 Å². The van der Waals surface area contributed by atoms with Crippen molar-refractivity contribution in [3.63, 3.8) is 0 Å². The van der Waals surface area contributed by atoms with Crippen molar-refractivity contribution in [3.05, 3.63) is 64.8 Å². The molecule has 1 aromatic carbocycles. The maximum atomic E-state index is 12.7. The number of nitrogens with one attached hydrogen (secondary N) is 1. The number of rotatable bonds is 7. The first-order valence-corrected chi connectivity index (χ1v) is 15.5. The summed E-state index contributed by atoms with van der Waals surface area (Å²) in [6.07, 6.45) is 2.44. The summed E-state index contributed by atoms with van der Waals surface area (Å²) in [4.78, 5) is 37.9. The van der Waals surface area contributed by atoms with Gasteiger partial charge in [-0.15, -0.1) is 0 Å². The van der Waals surface area contributed by atoms with Crippen molar-refractivity contribution in [2.75, 3.05) is 25.0 Å². The molecule has 45 heavy (non-hydrogen) atoms. The summed E-state index contributed by atoms with van der Waals surface area (Å²) in [5, 5.41) is 3.57. The van der Waals surface area contributed by atoms with Crippen LogP contribution in [-0.4, -0.2) is 64.4 Å². The molecule has 0 bridgehead atoms. The lowest BCUT2D eigenvalue weighted by Gasteiger charge is -2.33. The van der Waals surface area contributed by atoms with Crippen LogP contribution in [0.25, 0.3) is 11.3 Å². The highest BCUT2D eigenvalue weighted by molar-refractivity contribution is 6.30. The van der Waals surface area contributed by atoms with Gasteiger partial charge in [0.25, 0.3) is 0 Å². The van der Waals surface area contributed by atoms with Crippen LogP contribution in [0.2, 0.25) is 5.02 Å². The van der Waals surface area contributed by atoms with Crippen LogP contribution >= 0.6 is 11.6 Å². The zero-order chi connectivity index (χ0) is 32.9. The van der Waals surface area contributed by atoms with Crippen LogP contribution in [-0.2, 0) is 16.0 Å². The molecule has 0 saturated carbocycles. The maximum Gasteiger partial charge on any atom is 0.410 e. The highest BCUT2D eigenvalue weighted by Crippen LogP contribution is 2.30. The Morgan fingerprint density at radius 3 is 2.29 bits per heavy atom. The van der Waals surface area contributed by atoms with E-state index in [1.54, 1.807) is 19.3 Å². The fraction of sp³-hybridized carbons (Fsp3) is 0.471. The largest absolute Gasteiger partial charge is 0.444 e. The number of nitrogens with zero attached hydrogens (tertiary/aromatic N) is 4. The minimum Gasteiger partial charge on any atom is -0.444 e. The average Bonchev–Trinajstić information content (AvgIpc) is 2.91. The van der Waals surface area contributed by atoms with Gasteiger partial charge in [-0.05, 0) is 109 Å². The second-order valence-electron chi connectivity index (χ2n) is 13.4. The van der Waals surface area contributed by atoms with Gasteiger partial charge < -0.3 is 29.3 Å². The minimum atomic E-state index is -0.604. The van der Waals surface area contributed by atoms with Crippen molar-refractivity contribution in [2.24, 2.45) is 0 Å². The summed E-state index contributed by atoms with van der Waals surface area (Å²) in [7, 11) is 1.69. The number of hydrogen-bond acceptors (Lipinski definition) is 8. The number of hydrogen-bond donors (Lipinski definition) is 1. The molecular formula is C34H44ClN5O5. The minimum absolute atomic E-state index is 0.0592. The average molecular weight is 638 g/mol. The van der Waals surface area contributed by atoms with Gasteiger partial charge in [0.2, 0.25) is 5.88 Å². The highest BCUT2D eigenvalue weighted by Gasteiger charge is 2.25. The topological polar surface area (TPSA) is 106 Å². The van der Waals surface area contributed by atoms with E-state index in [-0.39, 0.29) is 18.7 Å². The highest BCUT2D eigenvalue weighted by atomic mass is 35.5. The zero-order valence-electron chi connectivity index (χ0n) is 27.4. The van der Waals surface area contributed by atoms with E-state index >= 15 is 0 Å². The number of anilines is 1. The second kappa shape index (κ2) is 13.9. The van der Waals surface area contributed by atoms with Crippen LogP contribution in [0.3, 0.4) is 0 Å². The van der Waals surface area contributed by atoms with E-state index in [1.807, 2.05) is 84.9 Å². The fourth-order valence-electron chi connectivity index (χ4n) is 4.88. The van der Waals surface area contributed by atoms with E-state index in [1.165, 1.54) is 4.90 Å². The third-order valence-electron chi connectivity index (χ3n) is 6.81. The lowest BCUT2D eigenvalue weighted by Crippen LogP contribution is -2.46. The third kappa shape index (κ3) is 10.5. The lowest BCUT2D eigenvalue weighted by atomic mass is 10.1. The molecule has 1 saturated heterocycles. The van der Waals surface area contributed by atoms with Crippen molar-refractivity contribution in [3.8, 4) is 22.9 Å². The molecule has 0 atom stereocenters. The normalized spacial score (nSPS) is 14.1. The molecule has 2 amide bonds. The number of ether oxygens (including phenoxy) is 3. The molecule has 1 aliphatic rings. The van der Waals surface area contributed by atoms with Gasteiger partial charge in [-0.1, -0.05) is 11.6 Å². The fourth-order valence-corrected chi connectivity index (χ4v) is 5.17. The quantitative estimate of drug-likeness (QED) is 0.280. The summed E-state index contributed by atoms with van der Waals surface area (Å²) in [6.45, 7) is 14.8. The van der Waals surface area contributed by atoms with Crippen molar-refractivity contribution in [1.29, 1.82) is 0 Å². The zero-order valence-corrected chi connectivity index (χ0v) is 28.2. The molecule has 10 nitrogen and oxygen atoms in total. The van der Waals surface area contributed by atoms with E-state index in [0.29, 0.717) is 22.3 Å². The molecule has 3 aromatic rings. The number of carbonyl (C=O) groups is 2. The van der Waals surface area contributed by atoms with Gasteiger partial charge in [0.1, 0.15) is 22.8 Å². The number of amides is 2. The van der Waals surface area contributed by atoms with Gasteiger partial charge in [-0.2, -0.15) is 0 Å². The Morgan fingerprint density at radius 1 is 1.00 bits per heavy atom. The molecule has 3 heterocycles. The molecule has 4 rings (SSSR count). The Hall–Kier alpha value is -4.05. The maximum absolute atomic E-state index is 12.7. The van der Waals surface area contributed by atoms with E-state index in [0.717, 1.165) is 48.4 Å². The summed E-state index contributed by atoms with van der Waals surface area (Å²) < 4.78 is 17.1. The molecule has 0 spiro atoms. The number of alkyl carbamates (subject to hydrolysis) is 1. The van der Waals surface area contributed by atoms with Crippen LogP contribution < -0.4 is 15.0 Å². The molecule has 2 aromatic heterocycles. The molecule has 11 heteroatoms. The molecule has 0 unspecified atom stereocenters. The molecule has 0 aliphatic carbocycles. The van der Waals surface area contributed by atoms with Gasteiger partial charge >= 0.3 is 12.2 Å². The van der Waals surface area contributed by atoms with E-state index in [2.05, 4.69) is 15.2 Å². The summed E-state index contributed by atoms with van der Waals surface area (Å²) in [6, 6.07) is 13.3. The lowest BCUT2D eigenvalue weighted by molar-refractivity contribution is 0.0284. The first kappa shape index (κ1) is 33.8. The number of aryl methyl sites for hydroxylation is 1. The van der Waals surface area contributed by atoms with Crippen LogP contribution in [0.15, 0.2) is 48.7 Å². The summed E-state index contributed by atoms with van der Waals surface area (Å²) in [5.74, 6) is 1.72. The molecular weight excluding hydrogens is 594 g/mol. The van der Waals surface area contributed by atoms with Crippen molar-refractivity contribution in [2.45, 2.75) is 85.1 Å². The second-order valence-corrected chi connectivity index (χ2v) is 13.9. The number of carbonyl (C=O) groups excluding carboxylic acids is 2. The van der Waals surface area contributed by atoms with Crippen LogP contribution in [0, 0.1) is 6.92 Å². The van der Waals surface area contributed by atoms with E-state index < -0.39 is 17.3 Å². The van der Waals surface area contributed by atoms with Crippen LogP contribution in [0.5, 0.6) is 11.6 Å². The smallest absolute Gasteiger partial charge is 0.410 e. The van der Waals surface area contributed by atoms with Gasteiger partial charge in [0.05, 0.1) is 11.9 Å². The van der Waals surface area contributed by atoms with Crippen LogP contribution in [0.1, 0.15) is 65.5 Å². The van der Waals surface area contributed by atoms with Crippen LogP contribution in [0.4, 0.5) is 15.4 Å². The summed E-state index contributed by atoms with van der Waals surface area (Å²) >= 11 is 6.36. The molecule has 1 fully saturated rings. The predicted octanol–water partition coefficient (Wildman–Crippen LogP) is 7.76. The van der Waals surface area contributed by atoms with E-state index in [9.17, 15) is 9.59 Å². The molecule has 242 valence electrons. The van der Waals surface area contributed by atoms with E-state index in [4.69, 9.17) is 30.8 Å². The van der Waals surface area contributed by atoms with Crippen molar-refractivity contribution >= 4 is 29.6 Å². The Kier molecular flexibility index (Phi) is 10.5. The Balaban J connectivity index is 1.47. The summed E-state index contributed by atoms with van der Waals surface area (Å²) in [5.41, 5.74) is 2.19. The van der Waals surface area contributed by atoms with Gasteiger partial charge in [0.15, 0.2) is 0 Å². The Morgan fingerprint density at radius 2 is 1.69 bits per heavy atom. The van der Waals surface area contributed by atoms with Crippen molar-refractivity contribution < 1.29 is 23.8 Å². The predicted molar refractivity (Wildman–Crippen MR) is 176 cm³/mol. The first-order valence-electron chi connectivity index (χ1n) is 15.1. The number of benzene rings is 1. The SMILES string of the molecule is Cc1cc(Cl)cc(-c2cc(CN(C)C(=O)OC(C)(C)C)cc(Oc3ccc(N4CCC(NC(=O)OC(C)(C)C)CC4)nc3)n2)c1. The number of halogens is 1. The third-order valence-corrected chi connectivity index (χ3v) is 7.03. The molecule has 1 aliphatic heterocycles. The number of aromatic nitrogens is 2. The Bertz CT molecular complexity index is 1470. The van der Waals surface area contributed by atoms with Gasteiger partial charge in [0, 0.05) is 49.4 Å². The first-order chi connectivity index (χ1) is 21.0. The number of piperidine rings is 1. The van der Waals surface area contributed by atoms with Gasteiger partial charge in [-0.3, -0.25) is 0 Å². The van der Waals surface area contributed by atoms with Crippen molar-refractivity contribution in [1.82, 2.24) is 20.2 Å². The monoisotopic (exact) mass is 637 g/mol. The molecule has 1 N–H and O–H groups in total. The standard InChI is InChI=1S/C34H44ClN5O5/c1-22-15-24(19-25(35)16-22)28-17-23(21-39(8)32(42)45-34(5,6)7)18-30(38-28)43-27-9-10-29(36-20-27)40-13-11-26(12-14-40)37-31(41)44-33(2,3)4/h9-10,15-20,26H,11-14,21H2,1-8H3,(H,37,41). The number of pyridine rings is 2.